The van der Waals surface area contributed by atoms with E-state index in [-0.39, 0.29) is 13.2 Å². The van der Waals surface area contributed by atoms with Crippen molar-refractivity contribution in [2.75, 3.05) is 18.5 Å². The molecular weight excluding hydrogens is 252 g/mol. The quantitative estimate of drug-likeness (QED) is 0.548. The molecule has 0 radical (unpaired) electrons. The molecule has 1 aromatic rings. The van der Waals surface area contributed by atoms with Crippen molar-refractivity contribution in [3.63, 3.8) is 0 Å². The molecule has 1 fully saturated rings. The van der Waals surface area contributed by atoms with Crippen LogP contribution in [0.15, 0.2) is 11.3 Å². The molecule has 2 aliphatic rings. The molecule has 0 aliphatic carbocycles. The number of fused-ring (bicyclic) bond motifs is 1. The number of nitrogens with zero attached hydrogens (tertiary/aromatic N) is 3. The molecule has 2 aliphatic heterocycles. The topological polar surface area (TPSA) is 112 Å². The molecule has 0 aromatic carbocycles. The molecule has 1 aromatic heterocycles. The molecular formula is C11H16N4O4. The number of aromatic nitrogens is 2. The van der Waals surface area contributed by atoms with Crippen LogP contribution in [0.1, 0.15) is 24.4 Å². The number of ether oxygens (including phenoxy) is 1. The minimum absolute atomic E-state index is 0.230. The van der Waals surface area contributed by atoms with Gasteiger partial charge < -0.3 is 25.4 Å². The van der Waals surface area contributed by atoms with E-state index in [0.717, 1.165) is 0 Å². The molecule has 104 valence electrons. The largest absolute Gasteiger partial charge is 0.394 e. The fraction of sp³-hybridized carbons (Fsp3) is 0.636. The molecule has 0 saturated carbocycles. The van der Waals surface area contributed by atoms with Gasteiger partial charge in [-0.15, -0.1) is 0 Å². The SMILES string of the molecule is OC[C@@H]1O[C@@H](n2cnc3c2NC=NC[C@H]3O)C[C@@H]1O. The molecule has 4 atom stereocenters. The molecule has 8 nitrogen and oxygen atoms in total. The average molecular weight is 268 g/mol. The zero-order chi connectivity index (χ0) is 13.4. The smallest absolute Gasteiger partial charge is 0.139 e. The number of imidazole rings is 1. The van der Waals surface area contributed by atoms with Crippen LogP contribution in [0, 0.1) is 0 Å². The van der Waals surface area contributed by atoms with E-state index >= 15 is 0 Å². The zero-order valence-corrected chi connectivity index (χ0v) is 10.2. The van der Waals surface area contributed by atoms with Gasteiger partial charge in [0.05, 0.1) is 31.9 Å². The van der Waals surface area contributed by atoms with E-state index in [4.69, 9.17) is 9.84 Å². The average Bonchev–Trinajstić information content (AvgIpc) is 2.93. The number of aliphatic hydroxyl groups is 3. The molecule has 3 heterocycles. The summed E-state index contributed by atoms with van der Waals surface area (Å²) in [6.07, 6.45) is 0.935. The Balaban J connectivity index is 1.89. The first-order chi connectivity index (χ1) is 9.20. The van der Waals surface area contributed by atoms with Crippen LogP contribution in [-0.4, -0.2) is 56.6 Å². The lowest BCUT2D eigenvalue weighted by atomic mass is 10.2. The van der Waals surface area contributed by atoms with Crippen molar-refractivity contribution >= 4 is 12.2 Å². The second-order valence-electron chi connectivity index (χ2n) is 4.65. The van der Waals surface area contributed by atoms with Gasteiger partial charge in [0.2, 0.25) is 0 Å². The van der Waals surface area contributed by atoms with Crippen molar-refractivity contribution in [2.45, 2.75) is 31.0 Å². The van der Waals surface area contributed by atoms with Gasteiger partial charge in [-0.1, -0.05) is 0 Å². The molecule has 3 rings (SSSR count). The lowest BCUT2D eigenvalue weighted by Crippen LogP contribution is -2.24. The summed E-state index contributed by atoms with van der Waals surface area (Å²) < 4.78 is 7.27. The van der Waals surface area contributed by atoms with Crippen molar-refractivity contribution in [1.29, 1.82) is 0 Å². The highest BCUT2D eigenvalue weighted by Crippen LogP contribution is 2.34. The first-order valence-corrected chi connectivity index (χ1v) is 6.14. The van der Waals surface area contributed by atoms with E-state index in [1.807, 2.05) is 0 Å². The van der Waals surface area contributed by atoms with Crippen molar-refractivity contribution in [3.8, 4) is 0 Å². The van der Waals surface area contributed by atoms with Gasteiger partial charge in [-0.25, -0.2) is 4.98 Å². The van der Waals surface area contributed by atoms with Crippen LogP contribution in [0.2, 0.25) is 0 Å². The summed E-state index contributed by atoms with van der Waals surface area (Å²) in [5.74, 6) is 0.601. The number of nitrogens with one attached hydrogen (secondary N) is 1. The number of aliphatic imine (C=N–C) groups is 1. The maximum atomic E-state index is 9.89. The van der Waals surface area contributed by atoms with Crippen LogP contribution in [0.5, 0.6) is 0 Å². The van der Waals surface area contributed by atoms with Gasteiger partial charge in [0.1, 0.15) is 29.9 Å². The molecule has 8 heteroatoms. The Labute approximate surface area is 109 Å². The Morgan fingerprint density at radius 2 is 2.32 bits per heavy atom. The first kappa shape index (κ1) is 12.5. The van der Waals surface area contributed by atoms with E-state index in [1.54, 1.807) is 10.9 Å². The Kier molecular flexibility index (Phi) is 3.23. The Hall–Kier alpha value is -1.48. The highest BCUT2D eigenvalue weighted by Gasteiger charge is 2.36. The summed E-state index contributed by atoms with van der Waals surface area (Å²) in [5.41, 5.74) is 0.503. The molecule has 19 heavy (non-hydrogen) atoms. The summed E-state index contributed by atoms with van der Waals surface area (Å²) in [6, 6.07) is 0. The molecule has 0 amide bonds. The summed E-state index contributed by atoms with van der Waals surface area (Å²) >= 11 is 0. The number of aliphatic hydroxyl groups excluding tert-OH is 3. The lowest BCUT2D eigenvalue weighted by Gasteiger charge is -2.16. The Bertz CT molecular complexity index is 489. The zero-order valence-electron chi connectivity index (χ0n) is 10.2. The second-order valence-corrected chi connectivity index (χ2v) is 4.65. The number of anilines is 1. The van der Waals surface area contributed by atoms with Crippen molar-refractivity contribution < 1.29 is 20.1 Å². The molecule has 0 unspecified atom stereocenters. The summed E-state index contributed by atoms with van der Waals surface area (Å²) in [6.45, 7) is 0.0243. The van der Waals surface area contributed by atoms with Crippen LogP contribution in [0.25, 0.3) is 0 Å². The van der Waals surface area contributed by atoms with Gasteiger partial charge in [-0.3, -0.25) is 9.56 Å². The number of rotatable bonds is 2. The minimum atomic E-state index is -0.762. The molecule has 0 bridgehead atoms. The monoisotopic (exact) mass is 268 g/mol. The van der Waals surface area contributed by atoms with E-state index in [2.05, 4.69) is 15.3 Å². The van der Waals surface area contributed by atoms with Crippen LogP contribution in [0.4, 0.5) is 5.82 Å². The third-order valence-electron chi connectivity index (χ3n) is 3.40. The third kappa shape index (κ3) is 2.12. The van der Waals surface area contributed by atoms with E-state index in [1.165, 1.54) is 6.34 Å². The van der Waals surface area contributed by atoms with E-state index in [0.29, 0.717) is 17.9 Å². The number of hydrogen-bond acceptors (Lipinski definition) is 7. The van der Waals surface area contributed by atoms with Crippen LogP contribution >= 0.6 is 0 Å². The van der Waals surface area contributed by atoms with Gasteiger partial charge in [0, 0.05) is 6.42 Å². The predicted molar refractivity (Wildman–Crippen MR) is 65.8 cm³/mol. The fourth-order valence-electron chi connectivity index (χ4n) is 2.38. The molecule has 0 spiro atoms. The first-order valence-electron chi connectivity index (χ1n) is 6.14. The van der Waals surface area contributed by atoms with E-state index < -0.39 is 24.5 Å². The van der Waals surface area contributed by atoms with Gasteiger partial charge >= 0.3 is 0 Å². The summed E-state index contributed by atoms with van der Waals surface area (Å²) in [4.78, 5) is 8.15. The predicted octanol–water partition coefficient (Wildman–Crippen LogP) is -0.989. The van der Waals surface area contributed by atoms with Crippen LogP contribution in [0.3, 0.4) is 0 Å². The van der Waals surface area contributed by atoms with Gasteiger partial charge in [-0.2, -0.15) is 0 Å². The van der Waals surface area contributed by atoms with Gasteiger partial charge in [0.15, 0.2) is 0 Å². The molecule has 4 N–H and O–H groups in total. The van der Waals surface area contributed by atoms with Crippen molar-refractivity contribution in [3.05, 3.63) is 12.0 Å². The van der Waals surface area contributed by atoms with Crippen molar-refractivity contribution in [2.24, 2.45) is 4.99 Å². The number of hydrogen-bond donors (Lipinski definition) is 4. The maximum absolute atomic E-state index is 9.89. The van der Waals surface area contributed by atoms with E-state index in [9.17, 15) is 10.2 Å². The molecule has 1 saturated heterocycles. The second kappa shape index (κ2) is 4.89. The standard InChI is InChI=1S/C11H16N4O4/c16-3-8-6(17)1-9(19-8)15-5-14-10-7(18)2-12-4-13-11(10)15/h4-9,16-18H,1-3H2,(H,12,13)/t6-,7+,8-,9+/m0/s1. The van der Waals surface area contributed by atoms with Crippen molar-refractivity contribution in [1.82, 2.24) is 9.55 Å². The highest BCUT2D eigenvalue weighted by molar-refractivity contribution is 5.76. The highest BCUT2D eigenvalue weighted by atomic mass is 16.5. The summed E-state index contributed by atoms with van der Waals surface area (Å²) in [7, 11) is 0. The van der Waals surface area contributed by atoms with Crippen LogP contribution in [-0.2, 0) is 4.74 Å². The Morgan fingerprint density at radius 3 is 3.05 bits per heavy atom. The normalized spacial score (nSPS) is 33.8. The minimum Gasteiger partial charge on any atom is -0.394 e. The summed E-state index contributed by atoms with van der Waals surface area (Å²) in [5, 5.41) is 31.7. The maximum Gasteiger partial charge on any atom is 0.139 e. The third-order valence-corrected chi connectivity index (χ3v) is 3.40. The van der Waals surface area contributed by atoms with Gasteiger partial charge in [-0.05, 0) is 0 Å². The Morgan fingerprint density at radius 1 is 1.47 bits per heavy atom. The lowest BCUT2D eigenvalue weighted by molar-refractivity contribution is -0.0437. The van der Waals surface area contributed by atoms with Crippen LogP contribution < -0.4 is 5.32 Å². The van der Waals surface area contributed by atoms with Gasteiger partial charge in [0.25, 0.3) is 0 Å². The fourth-order valence-corrected chi connectivity index (χ4v) is 2.38.